The monoisotopic (exact) mass is 419 g/mol. The average Bonchev–Trinajstić information content (AvgIpc) is 3.17. The highest BCUT2D eigenvalue weighted by molar-refractivity contribution is 5.92. The summed E-state index contributed by atoms with van der Waals surface area (Å²) in [6, 6.07) is 11.0. The first-order valence-corrected chi connectivity index (χ1v) is 10.0. The molecule has 160 valence electrons. The third kappa shape index (κ3) is 5.12. The minimum Gasteiger partial charge on any atom is -0.493 e. The van der Waals surface area contributed by atoms with E-state index in [2.05, 4.69) is 22.3 Å². The van der Waals surface area contributed by atoms with E-state index in [0.717, 1.165) is 63.6 Å². The first-order chi connectivity index (χ1) is 14.4. The lowest BCUT2D eigenvalue weighted by Gasteiger charge is -2.34. The van der Waals surface area contributed by atoms with E-state index in [1.54, 1.807) is 0 Å². The van der Waals surface area contributed by atoms with Gasteiger partial charge in [0.1, 0.15) is 5.75 Å². The Hall–Kier alpha value is -2.58. The van der Waals surface area contributed by atoms with Crippen LogP contribution < -0.4 is 10.1 Å². The second kappa shape index (κ2) is 8.65. The standard InChI is InChI=1S/C22H24F3N3O2/c23-22(24,25)18-2-1-3-19(13-18)26-21(29)15-28-9-7-27(8-10-28)14-16-4-5-20-17(12-16)6-11-30-20/h1-5,12-13H,6-11,14-15H2,(H,26,29). The molecule has 0 aromatic heterocycles. The Morgan fingerprint density at radius 3 is 2.57 bits per heavy atom. The molecule has 2 aromatic carbocycles. The Balaban J connectivity index is 1.24. The lowest BCUT2D eigenvalue weighted by molar-refractivity contribution is -0.137. The van der Waals surface area contributed by atoms with E-state index in [1.807, 2.05) is 11.0 Å². The number of carbonyl (C=O) groups is 1. The van der Waals surface area contributed by atoms with Gasteiger partial charge in [-0.2, -0.15) is 13.2 Å². The van der Waals surface area contributed by atoms with Gasteiger partial charge in [-0.15, -0.1) is 0 Å². The van der Waals surface area contributed by atoms with Crippen molar-refractivity contribution >= 4 is 11.6 Å². The van der Waals surface area contributed by atoms with Crippen LogP contribution in [0.15, 0.2) is 42.5 Å². The van der Waals surface area contributed by atoms with Gasteiger partial charge in [0.05, 0.1) is 18.7 Å². The third-order valence-corrected chi connectivity index (χ3v) is 5.47. The Bertz CT molecular complexity index is 909. The number of hydrogen-bond acceptors (Lipinski definition) is 4. The van der Waals surface area contributed by atoms with Crippen molar-refractivity contribution in [1.29, 1.82) is 0 Å². The minimum atomic E-state index is -4.43. The van der Waals surface area contributed by atoms with Crippen molar-refractivity contribution in [2.45, 2.75) is 19.1 Å². The maximum atomic E-state index is 12.8. The topological polar surface area (TPSA) is 44.8 Å². The number of fused-ring (bicyclic) bond motifs is 1. The molecule has 1 saturated heterocycles. The van der Waals surface area contributed by atoms with Crippen molar-refractivity contribution in [3.05, 3.63) is 59.2 Å². The molecule has 0 aliphatic carbocycles. The predicted octanol–water partition coefficient (Wildman–Crippen LogP) is 3.40. The number of anilines is 1. The van der Waals surface area contributed by atoms with E-state index >= 15 is 0 Å². The number of halogens is 3. The summed E-state index contributed by atoms with van der Waals surface area (Å²) in [6.07, 6.45) is -3.47. The van der Waals surface area contributed by atoms with Crippen LogP contribution in [0.2, 0.25) is 0 Å². The summed E-state index contributed by atoms with van der Waals surface area (Å²) in [7, 11) is 0. The normalized spacial score (nSPS) is 17.4. The highest BCUT2D eigenvalue weighted by Crippen LogP contribution is 2.30. The number of alkyl halides is 3. The minimum absolute atomic E-state index is 0.161. The molecular formula is C22H24F3N3O2. The summed E-state index contributed by atoms with van der Waals surface area (Å²) in [5, 5.41) is 2.57. The number of amides is 1. The van der Waals surface area contributed by atoms with Crippen LogP contribution in [0.5, 0.6) is 5.75 Å². The molecule has 2 aliphatic rings. The summed E-state index contributed by atoms with van der Waals surface area (Å²) in [6.45, 7) is 4.93. The number of nitrogens with one attached hydrogen (secondary N) is 1. The lowest BCUT2D eigenvalue weighted by Crippen LogP contribution is -2.48. The molecule has 5 nitrogen and oxygen atoms in total. The molecule has 1 N–H and O–H groups in total. The number of ether oxygens (including phenoxy) is 1. The second-order valence-corrected chi connectivity index (χ2v) is 7.72. The van der Waals surface area contributed by atoms with E-state index in [1.165, 1.54) is 23.3 Å². The third-order valence-electron chi connectivity index (χ3n) is 5.47. The lowest BCUT2D eigenvalue weighted by atomic mass is 10.1. The molecule has 1 amide bonds. The summed E-state index contributed by atoms with van der Waals surface area (Å²) in [4.78, 5) is 16.6. The zero-order valence-corrected chi connectivity index (χ0v) is 16.5. The van der Waals surface area contributed by atoms with E-state index in [4.69, 9.17) is 4.74 Å². The van der Waals surface area contributed by atoms with Crippen molar-refractivity contribution < 1.29 is 22.7 Å². The van der Waals surface area contributed by atoms with Gasteiger partial charge in [-0.1, -0.05) is 18.2 Å². The molecule has 2 aliphatic heterocycles. The Morgan fingerprint density at radius 1 is 1.03 bits per heavy atom. The van der Waals surface area contributed by atoms with Crippen LogP contribution in [0.4, 0.5) is 18.9 Å². The van der Waals surface area contributed by atoms with Crippen molar-refractivity contribution in [2.24, 2.45) is 0 Å². The summed E-state index contributed by atoms with van der Waals surface area (Å²) in [5.41, 5.74) is 1.91. The molecule has 0 bridgehead atoms. The first-order valence-electron chi connectivity index (χ1n) is 10.0. The maximum absolute atomic E-state index is 12.8. The zero-order valence-electron chi connectivity index (χ0n) is 16.5. The maximum Gasteiger partial charge on any atom is 0.416 e. The van der Waals surface area contributed by atoms with E-state index in [-0.39, 0.29) is 18.1 Å². The van der Waals surface area contributed by atoms with Gasteiger partial charge in [-0.25, -0.2) is 0 Å². The van der Waals surface area contributed by atoms with Gasteiger partial charge in [-0.3, -0.25) is 14.6 Å². The molecule has 4 rings (SSSR count). The molecule has 0 spiro atoms. The van der Waals surface area contributed by atoms with Crippen molar-refractivity contribution in [2.75, 3.05) is 44.6 Å². The van der Waals surface area contributed by atoms with Crippen LogP contribution in [-0.2, 0) is 23.9 Å². The molecule has 2 heterocycles. The fourth-order valence-corrected chi connectivity index (χ4v) is 3.88. The molecule has 30 heavy (non-hydrogen) atoms. The van der Waals surface area contributed by atoms with E-state index in [0.29, 0.717) is 0 Å². The van der Waals surface area contributed by atoms with Crippen LogP contribution in [0.25, 0.3) is 0 Å². The molecule has 0 unspecified atom stereocenters. The van der Waals surface area contributed by atoms with Crippen LogP contribution in [0.3, 0.4) is 0 Å². The second-order valence-electron chi connectivity index (χ2n) is 7.72. The summed E-state index contributed by atoms with van der Waals surface area (Å²) >= 11 is 0. The van der Waals surface area contributed by atoms with Crippen molar-refractivity contribution in [1.82, 2.24) is 9.80 Å². The number of piperazine rings is 1. The van der Waals surface area contributed by atoms with Gasteiger partial charge in [0.25, 0.3) is 0 Å². The van der Waals surface area contributed by atoms with E-state index in [9.17, 15) is 18.0 Å². The van der Waals surface area contributed by atoms with E-state index < -0.39 is 11.7 Å². The van der Waals surface area contributed by atoms with Crippen LogP contribution in [0, 0.1) is 0 Å². The molecule has 1 fully saturated rings. The van der Waals surface area contributed by atoms with Gasteiger partial charge in [0.15, 0.2) is 0 Å². The fourth-order valence-electron chi connectivity index (χ4n) is 3.88. The number of hydrogen-bond donors (Lipinski definition) is 1. The van der Waals surface area contributed by atoms with Crippen molar-refractivity contribution in [3.8, 4) is 5.75 Å². The van der Waals surface area contributed by atoms with Gasteiger partial charge in [0.2, 0.25) is 5.91 Å². The van der Waals surface area contributed by atoms with Gasteiger partial charge < -0.3 is 10.1 Å². The Morgan fingerprint density at radius 2 is 1.80 bits per heavy atom. The van der Waals surface area contributed by atoms with Crippen LogP contribution in [-0.4, -0.2) is 55.0 Å². The fraction of sp³-hybridized carbons (Fsp3) is 0.409. The molecule has 0 atom stereocenters. The summed E-state index contributed by atoms with van der Waals surface area (Å²) < 4.78 is 44.0. The average molecular weight is 419 g/mol. The number of nitrogens with zero attached hydrogens (tertiary/aromatic N) is 2. The molecule has 8 heteroatoms. The van der Waals surface area contributed by atoms with Crippen molar-refractivity contribution in [3.63, 3.8) is 0 Å². The van der Waals surface area contributed by atoms with Crippen LogP contribution in [0.1, 0.15) is 16.7 Å². The number of benzene rings is 2. The predicted molar refractivity (Wildman–Crippen MR) is 107 cm³/mol. The molecule has 2 aromatic rings. The smallest absolute Gasteiger partial charge is 0.416 e. The highest BCUT2D eigenvalue weighted by Gasteiger charge is 2.30. The number of rotatable bonds is 5. The molecule has 0 radical (unpaired) electrons. The molecular weight excluding hydrogens is 395 g/mol. The molecule has 0 saturated carbocycles. The Labute approximate surface area is 173 Å². The highest BCUT2D eigenvalue weighted by atomic mass is 19.4. The quantitative estimate of drug-likeness (QED) is 0.807. The SMILES string of the molecule is O=C(CN1CCN(Cc2ccc3c(c2)CCO3)CC1)Nc1cccc(C(F)(F)F)c1. The number of carbonyl (C=O) groups excluding carboxylic acids is 1. The Kier molecular flexibility index (Phi) is 5.97. The van der Waals surface area contributed by atoms with Gasteiger partial charge in [-0.05, 0) is 35.4 Å². The van der Waals surface area contributed by atoms with Gasteiger partial charge in [0, 0.05) is 44.8 Å². The summed E-state index contributed by atoms with van der Waals surface area (Å²) in [5.74, 6) is 0.678. The first kappa shape index (κ1) is 20.7. The van der Waals surface area contributed by atoms with Gasteiger partial charge >= 0.3 is 6.18 Å². The zero-order chi connectivity index (χ0) is 21.1. The van der Waals surface area contributed by atoms with Crippen LogP contribution >= 0.6 is 0 Å². The largest absolute Gasteiger partial charge is 0.493 e.